The third-order valence-electron chi connectivity index (χ3n) is 2.03. The molecule has 1 aliphatic heterocycles. The number of anilines is 1. The number of halogens is 1. The Hall–Kier alpha value is -1.20. The van der Waals surface area contributed by atoms with E-state index >= 15 is 0 Å². The smallest absolute Gasteiger partial charge is 0.231 e. The third-order valence-corrected chi connectivity index (χ3v) is 2.21. The van der Waals surface area contributed by atoms with Crippen LogP contribution in [-0.4, -0.2) is 29.0 Å². The molecule has 2 heterocycles. The lowest BCUT2D eigenvalue weighted by Crippen LogP contribution is -2.48. The van der Waals surface area contributed by atoms with Crippen molar-refractivity contribution in [3.63, 3.8) is 0 Å². The Morgan fingerprint density at radius 3 is 3.00 bits per heavy atom. The van der Waals surface area contributed by atoms with Crippen molar-refractivity contribution >= 4 is 23.3 Å². The van der Waals surface area contributed by atoms with Crippen LogP contribution in [0.1, 0.15) is 0 Å². The zero-order valence-corrected chi connectivity index (χ0v) is 8.08. The lowest BCUT2D eigenvalue weighted by Gasteiger charge is -2.25. The van der Waals surface area contributed by atoms with Crippen LogP contribution >= 0.6 is 11.6 Å². The van der Waals surface area contributed by atoms with E-state index < -0.39 is 0 Å². The Labute approximate surface area is 85.9 Å². The van der Waals surface area contributed by atoms with Crippen molar-refractivity contribution in [2.45, 2.75) is 0 Å². The van der Waals surface area contributed by atoms with E-state index in [9.17, 15) is 4.79 Å². The zero-order valence-electron chi connectivity index (χ0n) is 7.33. The predicted octanol–water partition coefficient (Wildman–Crippen LogP) is 0.288. The molecule has 6 heteroatoms. The van der Waals surface area contributed by atoms with Crippen LogP contribution in [-0.2, 0) is 4.79 Å². The van der Waals surface area contributed by atoms with Crippen LogP contribution in [0.5, 0.6) is 0 Å². The fraction of sp³-hybridized carbons (Fsp3) is 0.375. The molecule has 1 aromatic rings. The van der Waals surface area contributed by atoms with Gasteiger partial charge in [0.25, 0.3) is 0 Å². The van der Waals surface area contributed by atoms with Crippen LogP contribution in [0, 0.1) is 5.92 Å². The first-order chi connectivity index (χ1) is 6.75. The van der Waals surface area contributed by atoms with Gasteiger partial charge in [-0.2, -0.15) is 0 Å². The number of carbonyl (C=O) groups is 1. The van der Waals surface area contributed by atoms with E-state index in [2.05, 4.69) is 20.6 Å². The quantitative estimate of drug-likeness (QED) is 0.692. The molecule has 1 aromatic heterocycles. The minimum Gasteiger partial charge on any atom is -0.315 e. The van der Waals surface area contributed by atoms with Gasteiger partial charge < -0.3 is 10.6 Å². The molecule has 0 unspecified atom stereocenters. The van der Waals surface area contributed by atoms with E-state index in [0.717, 1.165) is 13.1 Å². The van der Waals surface area contributed by atoms with E-state index in [1.54, 1.807) is 6.07 Å². The van der Waals surface area contributed by atoms with Crippen molar-refractivity contribution in [1.82, 2.24) is 15.3 Å². The van der Waals surface area contributed by atoms with Crippen LogP contribution in [0.4, 0.5) is 5.82 Å². The minimum absolute atomic E-state index is 0.0292. The van der Waals surface area contributed by atoms with Crippen LogP contribution < -0.4 is 10.6 Å². The molecule has 74 valence electrons. The maximum absolute atomic E-state index is 11.5. The predicted molar refractivity (Wildman–Crippen MR) is 52.0 cm³/mol. The van der Waals surface area contributed by atoms with E-state index in [4.69, 9.17) is 11.6 Å². The zero-order chi connectivity index (χ0) is 9.97. The number of hydrogen-bond donors (Lipinski definition) is 2. The Kier molecular flexibility index (Phi) is 2.60. The molecular formula is C8H9ClN4O. The molecule has 0 spiro atoms. The van der Waals surface area contributed by atoms with Crippen molar-refractivity contribution in [2.75, 3.05) is 18.4 Å². The van der Waals surface area contributed by atoms with Gasteiger partial charge in [0.05, 0.1) is 5.92 Å². The normalized spacial score (nSPS) is 16.1. The fourth-order valence-electron chi connectivity index (χ4n) is 1.11. The summed E-state index contributed by atoms with van der Waals surface area (Å²) < 4.78 is 0. The van der Waals surface area contributed by atoms with Gasteiger partial charge in [-0.25, -0.2) is 9.97 Å². The Balaban J connectivity index is 1.99. The first kappa shape index (κ1) is 9.36. The minimum atomic E-state index is -0.0292. The van der Waals surface area contributed by atoms with Gasteiger partial charge in [-0.3, -0.25) is 4.79 Å². The molecule has 0 atom stereocenters. The third kappa shape index (κ3) is 2.00. The van der Waals surface area contributed by atoms with Crippen molar-refractivity contribution in [3.05, 3.63) is 17.5 Å². The summed E-state index contributed by atoms with van der Waals surface area (Å²) >= 11 is 5.57. The molecule has 1 fully saturated rings. The average Bonchev–Trinajstić information content (AvgIpc) is 1.99. The number of hydrogen-bond acceptors (Lipinski definition) is 4. The number of amides is 1. The maximum Gasteiger partial charge on any atom is 0.231 e. The van der Waals surface area contributed by atoms with E-state index in [1.807, 2.05) is 0 Å². The molecule has 5 nitrogen and oxygen atoms in total. The lowest BCUT2D eigenvalue weighted by atomic mass is 10.0. The molecule has 0 aromatic carbocycles. The molecule has 0 saturated carbocycles. The van der Waals surface area contributed by atoms with Gasteiger partial charge in [-0.05, 0) is 17.7 Å². The summed E-state index contributed by atoms with van der Waals surface area (Å²) in [5, 5.41) is 5.82. The van der Waals surface area contributed by atoms with Crippen molar-refractivity contribution < 1.29 is 4.79 Å². The Morgan fingerprint density at radius 2 is 2.43 bits per heavy atom. The highest BCUT2D eigenvalue weighted by molar-refractivity contribution is 6.28. The van der Waals surface area contributed by atoms with Gasteiger partial charge in [0, 0.05) is 19.3 Å². The molecular weight excluding hydrogens is 204 g/mol. The molecule has 0 bridgehead atoms. The highest BCUT2D eigenvalue weighted by Crippen LogP contribution is 2.09. The second kappa shape index (κ2) is 3.89. The van der Waals surface area contributed by atoms with Gasteiger partial charge in [0.15, 0.2) is 0 Å². The van der Waals surface area contributed by atoms with E-state index in [0.29, 0.717) is 5.82 Å². The van der Waals surface area contributed by atoms with Crippen LogP contribution in [0.3, 0.4) is 0 Å². The first-order valence-corrected chi connectivity index (χ1v) is 4.63. The molecule has 0 radical (unpaired) electrons. The summed E-state index contributed by atoms with van der Waals surface area (Å²) in [7, 11) is 0. The summed E-state index contributed by atoms with van der Waals surface area (Å²) in [6.45, 7) is 1.45. The summed E-state index contributed by atoms with van der Waals surface area (Å²) in [6, 6.07) is 1.61. The number of aromatic nitrogens is 2. The first-order valence-electron chi connectivity index (χ1n) is 4.26. The average molecular weight is 213 g/mol. The summed E-state index contributed by atoms with van der Waals surface area (Å²) in [5.74, 6) is 0.462. The second-order valence-electron chi connectivity index (χ2n) is 3.06. The monoisotopic (exact) mass is 212 g/mol. The highest BCUT2D eigenvalue weighted by atomic mass is 35.5. The fourth-order valence-corrected chi connectivity index (χ4v) is 1.25. The summed E-state index contributed by atoms with van der Waals surface area (Å²) in [5.41, 5.74) is 0. The van der Waals surface area contributed by atoms with Gasteiger partial charge in [0.2, 0.25) is 11.2 Å². The maximum atomic E-state index is 11.5. The van der Waals surface area contributed by atoms with Crippen molar-refractivity contribution in [1.29, 1.82) is 0 Å². The largest absolute Gasteiger partial charge is 0.315 e. The Morgan fingerprint density at radius 1 is 1.64 bits per heavy atom. The molecule has 14 heavy (non-hydrogen) atoms. The standard InChI is InChI=1S/C8H9ClN4O/c9-8-11-2-1-6(13-8)12-7(14)5-3-10-4-5/h1-2,5,10H,3-4H2,(H,11,12,13,14). The topological polar surface area (TPSA) is 66.9 Å². The van der Waals surface area contributed by atoms with Gasteiger partial charge in [0.1, 0.15) is 5.82 Å². The number of carbonyl (C=O) groups excluding carboxylic acids is 1. The van der Waals surface area contributed by atoms with Gasteiger partial charge >= 0.3 is 0 Å². The van der Waals surface area contributed by atoms with Gasteiger partial charge in [-0.15, -0.1) is 0 Å². The van der Waals surface area contributed by atoms with Crippen LogP contribution in [0.15, 0.2) is 12.3 Å². The van der Waals surface area contributed by atoms with E-state index in [1.165, 1.54) is 6.20 Å². The molecule has 0 aliphatic carbocycles. The Bertz CT molecular complexity index is 353. The molecule has 2 N–H and O–H groups in total. The van der Waals surface area contributed by atoms with Crippen LogP contribution in [0.2, 0.25) is 5.28 Å². The van der Waals surface area contributed by atoms with Crippen molar-refractivity contribution in [3.8, 4) is 0 Å². The molecule has 1 saturated heterocycles. The molecule has 1 aliphatic rings. The van der Waals surface area contributed by atoms with Crippen LogP contribution in [0.25, 0.3) is 0 Å². The molecule has 2 rings (SSSR count). The SMILES string of the molecule is O=C(Nc1ccnc(Cl)n1)C1CNC1. The highest BCUT2D eigenvalue weighted by Gasteiger charge is 2.24. The number of rotatable bonds is 2. The van der Waals surface area contributed by atoms with E-state index in [-0.39, 0.29) is 17.1 Å². The summed E-state index contributed by atoms with van der Waals surface area (Å²) in [4.78, 5) is 19.0. The number of nitrogens with zero attached hydrogens (tertiary/aromatic N) is 2. The summed E-state index contributed by atoms with van der Waals surface area (Å²) in [6.07, 6.45) is 1.50. The lowest BCUT2D eigenvalue weighted by molar-refractivity contribution is -0.121. The second-order valence-corrected chi connectivity index (χ2v) is 3.39. The number of nitrogens with one attached hydrogen (secondary N) is 2. The van der Waals surface area contributed by atoms with Gasteiger partial charge in [-0.1, -0.05) is 0 Å². The van der Waals surface area contributed by atoms with Crippen molar-refractivity contribution in [2.24, 2.45) is 5.92 Å². The molecule has 1 amide bonds.